The summed E-state index contributed by atoms with van der Waals surface area (Å²) in [6.07, 6.45) is 9.05. The molecule has 0 aromatic heterocycles. The molecule has 0 saturated carbocycles. The number of carbonyl (C=O) groups is 1. The molecule has 1 rings (SSSR count). The van der Waals surface area contributed by atoms with Crippen molar-refractivity contribution in [1.82, 2.24) is 0 Å². The van der Waals surface area contributed by atoms with Crippen molar-refractivity contribution in [2.24, 2.45) is 5.92 Å². The summed E-state index contributed by atoms with van der Waals surface area (Å²) >= 11 is 0. The molecule has 1 unspecified atom stereocenters. The van der Waals surface area contributed by atoms with Gasteiger partial charge >= 0.3 is 5.97 Å². The van der Waals surface area contributed by atoms with Gasteiger partial charge in [-0.15, -0.1) is 0 Å². The Bertz CT molecular complexity index is 266. The van der Waals surface area contributed by atoms with Crippen LogP contribution in [0.25, 0.3) is 0 Å². The third kappa shape index (κ3) is 4.30. The van der Waals surface area contributed by atoms with Crippen LogP contribution in [0.3, 0.4) is 0 Å². The largest absolute Gasteiger partial charge is 0.462 e. The number of hydrogen-bond donors (Lipinski definition) is 1. The SMILES string of the molecule is CC(=O)OC/C=C\C1=CCCC1CCO. The van der Waals surface area contributed by atoms with Crippen LogP contribution in [0.4, 0.5) is 0 Å². The molecular weight excluding hydrogens is 192 g/mol. The van der Waals surface area contributed by atoms with E-state index in [1.165, 1.54) is 12.5 Å². The van der Waals surface area contributed by atoms with E-state index < -0.39 is 0 Å². The molecule has 0 fully saturated rings. The van der Waals surface area contributed by atoms with Crippen molar-refractivity contribution in [3.8, 4) is 0 Å². The van der Waals surface area contributed by atoms with Gasteiger partial charge in [-0.1, -0.05) is 12.2 Å². The molecule has 0 bridgehead atoms. The Morgan fingerprint density at radius 3 is 3.20 bits per heavy atom. The summed E-state index contributed by atoms with van der Waals surface area (Å²) in [7, 11) is 0. The molecule has 0 aromatic rings. The zero-order chi connectivity index (χ0) is 11.1. The maximum absolute atomic E-state index is 10.5. The van der Waals surface area contributed by atoms with Crippen molar-refractivity contribution < 1.29 is 14.6 Å². The molecule has 1 atom stereocenters. The van der Waals surface area contributed by atoms with E-state index in [1.54, 1.807) is 0 Å². The van der Waals surface area contributed by atoms with Crippen molar-refractivity contribution in [2.45, 2.75) is 26.2 Å². The van der Waals surface area contributed by atoms with Crippen molar-refractivity contribution in [2.75, 3.05) is 13.2 Å². The van der Waals surface area contributed by atoms with Gasteiger partial charge in [0.1, 0.15) is 6.61 Å². The quantitative estimate of drug-likeness (QED) is 0.704. The van der Waals surface area contributed by atoms with E-state index in [0.29, 0.717) is 12.5 Å². The molecule has 0 heterocycles. The number of esters is 1. The fourth-order valence-corrected chi connectivity index (χ4v) is 1.81. The zero-order valence-corrected chi connectivity index (χ0v) is 9.11. The summed E-state index contributed by atoms with van der Waals surface area (Å²) in [5.74, 6) is 0.218. The summed E-state index contributed by atoms with van der Waals surface area (Å²) in [5.41, 5.74) is 1.26. The van der Waals surface area contributed by atoms with Gasteiger partial charge in [-0.3, -0.25) is 4.79 Å². The molecule has 1 aliphatic rings. The summed E-state index contributed by atoms with van der Waals surface area (Å²) in [5, 5.41) is 8.87. The van der Waals surface area contributed by atoms with Crippen LogP contribution in [0.15, 0.2) is 23.8 Å². The molecule has 15 heavy (non-hydrogen) atoms. The van der Waals surface area contributed by atoms with E-state index in [-0.39, 0.29) is 12.6 Å². The second-order valence-corrected chi connectivity index (χ2v) is 3.70. The molecule has 0 spiro atoms. The molecule has 0 saturated heterocycles. The lowest BCUT2D eigenvalue weighted by Gasteiger charge is -2.09. The highest BCUT2D eigenvalue weighted by Gasteiger charge is 2.15. The van der Waals surface area contributed by atoms with Crippen LogP contribution in [0.1, 0.15) is 26.2 Å². The lowest BCUT2D eigenvalue weighted by Crippen LogP contribution is -2.01. The number of aliphatic hydroxyl groups is 1. The smallest absolute Gasteiger partial charge is 0.302 e. The second-order valence-electron chi connectivity index (χ2n) is 3.70. The van der Waals surface area contributed by atoms with E-state index in [1.807, 2.05) is 12.2 Å². The fourth-order valence-electron chi connectivity index (χ4n) is 1.81. The molecule has 1 N–H and O–H groups in total. The molecule has 0 aromatic carbocycles. The van der Waals surface area contributed by atoms with Crippen LogP contribution in [-0.2, 0) is 9.53 Å². The molecule has 84 valence electrons. The Labute approximate surface area is 90.4 Å². The Morgan fingerprint density at radius 2 is 2.53 bits per heavy atom. The third-order valence-electron chi connectivity index (χ3n) is 2.54. The molecular formula is C12H18O3. The van der Waals surface area contributed by atoms with Crippen molar-refractivity contribution >= 4 is 5.97 Å². The minimum atomic E-state index is -0.257. The number of aliphatic hydroxyl groups excluding tert-OH is 1. The Hall–Kier alpha value is -1.09. The van der Waals surface area contributed by atoms with Gasteiger partial charge < -0.3 is 9.84 Å². The highest BCUT2D eigenvalue weighted by atomic mass is 16.5. The van der Waals surface area contributed by atoms with E-state index >= 15 is 0 Å². The van der Waals surface area contributed by atoms with Gasteiger partial charge in [-0.2, -0.15) is 0 Å². The molecule has 1 aliphatic carbocycles. The Kier molecular flexibility index (Phi) is 5.12. The van der Waals surface area contributed by atoms with Crippen molar-refractivity contribution in [1.29, 1.82) is 0 Å². The molecule has 3 heteroatoms. The fraction of sp³-hybridized carbons (Fsp3) is 0.583. The monoisotopic (exact) mass is 210 g/mol. The predicted octanol–water partition coefficient (Wildman–Crippen LogP) is 1.82. The van der Waals surface area contributed by atoms with Gasteiger partial charge in [0.2, 0.25) is 0 Å². The number of hydrogen-bond acceptors (Lipinski definition) is 3. The maximum atomic E-state index is 10.5. The van der Waals surface area contributed by atoms with Crippen LogP contribution >= 0.6 is 0 Å². The van der Waals surface area contributed by atoms with Gasteiger partial charge in [0.15, 0.2) is 0 Å². The zero-order valence-electron chi connectivity index (χ0n) is 9.11. The first-order valence-corrected chi connectivity index (χ1v) is 5.35. The van der Waals surface area contributed by atoms with Gasteiger partial charge in [-0.25, -0.2) is 0 Å². The third-order valence-corrected chi connectivity index (χ3v) is 2.54. The molecule has 0 amide bonds. The first kappa shape index (κ1) is 12.0. The topological polar surface area (TPSA) is 46.5 Å². The van der Waals surface area contributed by atoms with E-state index in [4.69, 9.17) is 9.84 Å². The number of ether oxygens (including phenoxy) is 1. The predicted molar refractivity (Wildman–Crippen MR) is 58.3 cm³/mol. The van der Waals surface area contributed by atoms with Crippen molar-refractivity contribution in [3.63, 3.8) is 0 Å². The van der Waals surface area contributed by atoms with Gasteiger partial charge in [0.25, 0.3) is 0 Å². The second kappa shape index (κ2) is 6.40. The van der Waals surface area contributed by atoms with Crippen LogP contribution in [0, 0.1) is 5.92 Å². The van der Waals surface area contributed by atoms with Gasteiger partial charge in [-0.05, 0) is 36.8 Å². The Morgan fingerprint density at radius 1 is 1.73 bits per heavy atom. The lowest BCUT2D eigenvalue weighted by atomic mass is 9.98. The minimum absolute atomic E-state index is 0.236. The highest BCUT2D eigenvalue weighted by Crippen LogP contribution is 2.29. The number of rotatable bonds is 5. The van der Waals surface area contributed by atoms with Gasteiger partial charge in [0, 0.05) is 13.5 Å². The highest BCUT2D eigenvalue weighted by molar-refractivity contribution is 5.66. The van der Waals surface area contributed by atoms with Crippen LogP contribution in [0.2, 0.25) is 0 Å². The van der Waals surface area contributed by atoms with E-state index in [9.17, 15) is 4.79 Å². The molecule has 3 nitrogen and oxygen atoms in total. The maximum Gasteiger partial charge on any atom is 0.302 e. The summed E-state index contributed by atoms with van der Waals surface area (Å²) in [6.45, 7) is 1.97. The van der Waals surface area contributed by atoms with Crippen molar-refractivity contribution in [3.05, 3.63) is 23.8 Å². The number of carbonyl (C=O) groups excluding carboxylic acids is 1. The Balaban J connectivity index is 2.33. The lowest BCUT2D eigenvalue weighted by molar-refractivity contribution is -0.139. The van der Waals surface area contributed by atoms with Crippen LogP contribution in [-0.4, -0.2) is 24.3 Å². The normalized spacial score (nSPS) is 20.7. The summed E-state index contributed by atoms with van der Waals surface area (Å²) < 4.78 is 4.79. The van der Waals surface area contributed by atoms with E-state index in [0.717, 1.165) is 19.3 Å². The van der Waals surface area contributed by atoms with E-state index in [2.05, 4.69) is 6.08 Å². The first-order chi connectivity index (χ1) is 7.24. The van der Waals surface area contributed by atoms with Gasteiger partial charge in [0.05, 0.1) is 0 Å². The minimum Gasteiger partial charge on any atom is -0.462 e. The summed E-state index contributed by atoms with van der Waals surface area (Å²) in [4.78, 5) is 10.5. The van der Waals surface area contributed by atoms with Crippen LogP contribution < -0.4 is 0 Å². The number of allylic oxidation sites excluding steroid dienone is 3. The average Bonchev–Trinajstić information content (AvgIpc) is 2.61. The average molecular weight is 210 g/mol. The summed E-state index contributed by atoms with van der Waals surface area (Å²) in [6, 6.07) is 0. The van der Waals surface area contributed by atoms with Crippen LogP contribution in [0.5, 0.6) is 0 Å². The first-order valence-electron chi connectivity index (χ1n) is 5.35. The molecule has 0 radical (unpaired) electrons. The standard InChI is InChI=1S/C12H18O3/c1-10(14)15-9-3-6-11-4-2-5-12(11)7-8-13/h3-4,6,12-13H,2,5,7-9H2,1H3/b6-3-. The molecule has 0 aliphatic heterocycles.